The Labute approximate surface area is 125 Å². The zero-order valence-electron chi connectivity index (χ0n) is 11.3. The van der Waals surface area contributed by atoms with E-state index in [2.05, 4.69) is 42.2 Å². The van der Waals surface area contributed by atoms with Crippen LogP contribution >= 0.6 is 0 Å². The van der Waals surface area contributed by atoms with Crippen LogP contribution in [0.15, 0.2) is 42.5 Å². The zero-order chi connectivity index (χ0) is 13.7. The third kappa shape index (κ3) is 1.74. The minimum absolute atomic E-state index is 0.215. The van der Waals surface area contributed by atoms with E-state index in [9.17, 15) is 4.79 Å². The van der Waals surface area contributed by atoms with Gasteiger partial charge >= 0.3 is 125 Å². The number of nitrogens with zero attached hydrogens (tertiary/aromatic N) is 1. The van der Waals surface area contributed by atoms with E-state index in [0.29, 0.717) is 15.0 Å². The van der Waals surface area contributed by atoms with E-state index >= 15 is 0 Å². The Morgan fingerprint density at radius 1 is 1.20 bits per heavy atom. The molecule has 2 aliphatic rings. The second kappa shape index (κ2) is 4.47. The van der Waals surface area contributed by atoms with Crippen molar-refractivity contribution in [3.63, 3.8) is 0 Å². The molecule has 2 heterocycles. The van der Waals surface area contributed by atoms with Crippen LogP contribution in [0.5, 0.6) is 0 Å². The van der Waals surface area contributed by atoms with Gasteiger partial charge in [-0.05, 0) is 0 Å². The Kier molecular flexibility index (Phi) is 2.73. The maximum atomic E-state index is 12.7. The van der Waals surface area contributed by atoms with Crippen molar-refractivity contribution in [1.82, 2.24) is 4.90 Å². The molecule has 0 aliphatic carbocycles. The quantitative estimate of drug-likeness (QED) is 0.678. The molecular weight excluding hydrogens is 313 g/mol. The number of carbonyl (C=O) groups excluding carboxylic acids is 1. The fourth-order valence-electron chi connectivity index (χ4n) is 3.04. The molecule has 20 heavy (non-hydrogen) atoms. The van der Waals surface area contributed by atoms with Crippen LogP contribution in [0, 0.1) is 6.92 Å². The van der Waals surface area contributed by atoms with E-state index in [0.717, 1.165) is 18.5 Å². The first-order valence-corrected chi connectivity index (χ1v) is 8.75. The van der Waals surface area contributed by atoms with Gasteiger partial charge in [-0.25, -0.2) is 0 Å². The van der Waals surface area contributed by atoms with Crippen LogP contribution in [0.4, 0.5) is 0 Å². The summed E-state index contributed by atoms with van der Waals surface area (Å²) < 4.78 is 1.26. The molecule has 3 heteroatoms. The molecule has 1 amide bonds. The van der Waals surface area contributed by atoms with Crippen molar-refractivity contribution in [2.45, 2.75) is 18.3 Å². The normalized spacial score (nSPS) is 20.1. The molecular formula is C17H15NOSe. The topological polar surface area (TPSA) is 20.3 Å². The molecule has 0 saturated heterocycles. The molecule has 0 aromatic heterocycles. The first-order chi connectivity index (χ1) is 9.74. The van der Waals surface area contributed by atoms with Crippen LogP contribution in [-0.4, -0.2) is 32.3 Å². The molecule has 100 valence electrons. The molecule has 0 bridgehead atoms. The van der Waals surface area contributed by atoms with Gasteiger partial charge in [0.2, 0.25) is 0 Å². The molecule has 2 aromatic rings. The van der Waals surface area contributed by atoms with Gasteiger partial charge in [0.15, 0.2) is 0 Å². The molecule has 0 fully saturated rings. The average Bonchev–Trinajstić information content (AvgIpc) is 2.47. The van der Waals surface area contributed by atoms with Crippen LogP contribution in [0.1, 0.15) is 32.0 Å². The Hall–Kier alpha value is -1.57. The number of aryl methyl sites for hydroxylation is 1. The summed E-state index contributed by atoms with van der Waals surface area (Å²) in [5.41, 5.74) is 4.95. The van der Waals surface area contributed by atoms with Gasteiger partial charge < -0.3 is 0 Å². The standard InChI is InChI=1S/C17H15NOSe/c1-11-6-7-14-15(10-11)20-17-13-5-3-2-4-12(13)8-9-18(17)16(14)19/h2-7,10,17H,8-9H2,1H3. The van der Waals surface area contributed by atoms with Gasteiger partial charge in [0, 0.05) is 0 Å². The second-order valence-electron chi connectivity index (χ2n) is 5.42. The van der Waals surface area contributed by atoms with Crippen molar-refractivity contribution in [2.24, 2.45) is 0 Å². The Morgan fingerprint density at radius 3 is 2.95 bits per heavy atom. The van der Waals surface area contributed by atoms with E-state index < -0.39 is 0 Å². The molecule has 4 rings (SSSR count). The van der Waals surface area contributed by atoms with E-state index in [4.69, 9.17) is 0 Å². The third-order valence-corrected chi connectivity index (χ3v) is 6.87. The van der Waals surface area contributed by atoms with E-state index in [1.54, 1.807) is 0 Å². The van der Waals surface area contributed by atoms with Crippen molar-refractivity contribution >= 4 is 25.3 Å². The number of fused-ring (bicyclic) bond motifs is 4. The number of hydrogen-bond acceptors (Lipinski definition) is 1. The van der Waals surface area contributed by atoms with Crippen LogP contribution < -0.4 is 4.46 Å². The van der Waals surface area contributed by atoms with E-state index in [1.165, 1.54) is 21.2 Å². The molecule has 2 aromatic carbocycles. The fraction of sp³-hybridized carbons (Fsp3) is 0.235. The molecule has 1 atom stereocenters. The van der Waals surface area contributed by atoms with Crippen molar-refractivity contribution in [2.75, 3.05) is 6.54 Å². The van der Waals surface area contributed by atoms with Gasteiger partial charge in [-0.1, -0.05) is 0 Å². The summed E-state index contributed by atoms with van der Waals surface area (Å²) in [6, 6.07) is 14.8. The number of amides is 1. The Balaban J connectivity index is 1.85. The summed E-state index contributed by atoms with van der Waals surface area (Å²) >= 11 is 0.297. The van der Waals surface area contributed by atoms with Crippen molar-refractivity contribution in [3.8, 4) is 0 Å². The zero-order valence-corrected chi connectivity index (χ0v) is 13.0. The second-order valence-corrected chi connectivity index (χ2v) is 7.77. The first kappa shape index (κ1) is 12.2. The third-order valence-electron chi connectivity index (χ3n) is 4.09. The Bertz CT molecular complexity index is 710. The van der Waals surface area contributed by atoms with Gasteiger partial charge in [0.05, 0.1) is 0 Å². The van der Waals surface area contributed by atoms with Crippen molar-refractivity contribution in [1.29, 1.82) is 0 Å². The Morgan fingerprint density at radius 2 is 2.05 bits per heavy atom. The molecule has 0 spiro atoms. The van der Waals surface area contributed by atoms with E-state index in [-0.39, 0.29) is 10.8 Å². The SMILES string of the molecule is Cc1ccc2c(c1)[Se]C1c3ccccc3CCN1C2=O. The summed E-state index contributed by atoms with van der Waals surface area (Å²) in [5, 5.41) is 0. The summed E-state index contributed by atoms with van der Waals surface area (Å²) in [6.07, 6.45) is 0.982. The van der Waals surface area contributed by atoms with Crippen LogP contribution in [0.3, 0.4) is 0 Å². The number of hydrogen-bond donors (Lipinski definition) is 0. The maximum absolute atomic E-state index is 12.7. The summed E-state index contributed by atoms with van der Waals surface area (Å²) in [7, 11) is 0. The molecule has 2 aliphatic heterocycles. The van der Waals surface area contributed by atoms with Crippen LogP contribution in [-0.2, 0) is 6.42 Å². The van der Waals surface area contributed by atoms with Crippen LogP contribution in [0.2, 0.25) is 0 Å². The van der Waals surface area contributed by atoms with Gasteiger partial charge in [-0.3, -0.25) is 0 Å². The molecule has 0 radical (unpaired) electrons. The van der Waals surface area contributed by atoms with Crippen molar-refractivity contribution in [3.05, 3.63) is 64.7 Å². The molecule has 0 saturated carbocycles. The van der Waals surface area contributed by atoms with Gasteiger partial charge in [-0.2, -0.15) is 0 Å². The van der Waals surface area contributed by atoms with Gasteiger partial charge in [0.1, 0.15) is 0 Å². The number of benzene rings is 2. The summed E-state index contributed by atoms with van der Waals surface area (Å²) in [6.45, 7) is 2.96. The predicted octanol–water partition coefficient (Wildman–Crippen LogP) is 2.04. The van der Waals surface area contributed by atoms with Crippen molar-refractivity contribution < 1.29 is 4.79 Å². The summed E-state index contributed by atoms with van der Waals surface area (Å²) in [5.74, 6) is 0.215. The van der Waals surface area contributed by atoms with E-state index in [1.807, 2.05) is 12.1 Å². The molecule has 0 N–H and O–H groups in total. The number of carbonyl (C=O) groups is 1. The first-order valence-electron chi connectivity index (χ1n) is 6.90. The average molecular weight is 328 g/mol. The molecule has 1 unspecified atom stereocenters. The number of rotatable bonds is 0. The predicted molar refractivity (Wildman–Crippen MR) is 80.5 cm³/mol. The minimum atomic E-state index is 0.215. The fourth-order valence-corrected chi connectivity index (χ4v) is 6.11. The van der Waals surface area contributed by atoms with Crippen LogP contribution in [0.25, 0.3) is 0 Å². The van der Waals surface area contributed by atoms with Gasteiger partial charge in [0.25, 0.3) is 0 Å². The molecule has 2 nitrogen and oxygen atoms in total. The summed E-state index contributed by atoms with van der Waals surface area (Å²) in [4.78, 5) is 15.1. The monoisotopic (exact) mass is 329 g/mol. The van der Waals surface area contributed by atoms with Gasteiger partial charge in [-0.15, -0.1) is 0 Å².